The summed E-state index contributed by atoms with van der Waals surface area (Å²) in [6, 6.07) is -0.170. The Morgan fingerprint density at radius 1 is 1.50 bits per heavy atom. The highest BCUT2D eigenvalue weighted by atomic mass is 16.5. The Labute approximate surface area is 134 Å². The van der Waals surface area contributed by atoms with Crippen LogP contribution >= 0.6 is 0 Å². The van der Waals surface area contributed by atoms with Crippen molar-refractivity contribution in [2.75, 3.05) is 39.8 Å². The zero-order valence-electron chi connectivity index (χ0n) is 14.1. The highest BCUT2D eigenvalue weighted by Gasteiger charge is 2.19. The third-order valence-electron chi connectivity index (χ3n) is 4.52. The lowest BCUT2D eigenvalue weighted by molar-refractivity contribution is -0.122. The number of morpholine rings is 1. The van der Waals surface area contributed by atoms with Crippen LogP contribution in [0, 0.1) is 0 Å². The van der Waals surface area contributed by atoms with Gasteiger partial charge in [-0.3, -0.25) is 4.79 Å². The fraction of sp³-hybridized carbons (Fsp3) is 0.824. The van der Waals surface area contributed by atoms with Gasteiger partial charge >= 0.3 is 0 Å². The molecular weight excluding hydrogens is 278 g/mol. The van der Waals surface area contributed by atoms with E-state index in [1.54, 1.807) is 0 Å². The maximum Gasteiger partial charge on any atom is 0.236 e. The minimum Gasteiger partial charge on any atom is -0.374 e. The van der Waals surface area contributed by atoms with Crippen molar-refractivity contribution in [2.45, 2.75) is 51.2 Å². The van der Waals surface area contributed by atoms with E-state index in [0.29, 0.717) is 0 Å². The molecule has 0 aromatic rings. The van der Waals surface area contributed by atoms with Crippen molar-refractivity contribution < 1.29 is 9.53 Å². The fourth-order valence-corrected chi connectivity index (χ4v) is 3.02. The van der Waals surface area contributed by atoms with Crippen LogP contribution in [-0.2, 0) is 9.53 Å². The maximum absolute atomic E-state index is 12.1. The number of nitrogens with zero attached hydrogens (tertiary/aromatic N) is 1. The Bertz CT molecular complexity index is 384. The van der Waals surface area contributed by atoms with Gasteiger partial charge in [-0.15, -0.1) is 0 Å². The second-order valence-electron chi connectivity index (χ2n) is 6.53. The Balaban J connectivity index is 1.59. The molecule has 126 valence electrons. The largest absolute Gasteiger partial charge is 0.374 e. The van der Waals surface area contributed by atoms with Gasteiger partial charge in [-0.2, -0.15) is 0 Å². The van der Waals surface area contributed by atoms with Gasteiger partial charge in [0.1, 0.15) is 0 Å². The molecule has 1 aliphatic heterocycles. The summed E-state index contributed by atoms with van der Waals surface area (Å²) < 4.78 is 5.70. The number of hydrogen-bond donors (Lipinski definition) is 2. The highest BCUT2D eigenvalue weighted by Crippen LogP contribution is 2.19. The number of likely N-dealkylation sites (N-methyl/N-ethyl adjacent to an activating group) is 1. The lowest BCUT2D eigenvalue weighted by Crippen LogP contribution is -2.49. The zero-order valence-corrected chi connectivity index (χ0v) is 14.1. The molecule has 0 unspecified atom stereocenters. The van der Waals surface area contributed by atoms with E-state index in [1.165, 1.54) is 31.3 Å². The van der Waals surface area contributed by atoms with Gasteiger partial charge < -0.3 is 20.3 Å². The molecule has 2 N–H and O–H groups in total. The van der Waals surface area contributed by atoms with Gasteiger partial charge in [-0.1, -0.05) is 11.6 Å². The maximum atomic E-state index is 12.1. The van der Waals surface area contributed by atoms with Gasteiger partial charge in [0, 0.05) is 26.2 Å². The second-order valence-corrected chi connectivity index (χ2v) is 6.53. The van der Waals surface area contributed by atoms with Crippen LogP contribution in [0.1, 0.15) is 39.0 Å². The quantitative estimate of drug-likeness (QED) is 0.696. The average molecular weight is 309 g/mol. The third kappa shape index (κ3) is 6.07. The molecule has 1 aliphatic carbocycles. The number of ether oxygens (including phenoxy) is 1. The van der Waals surface area contributed by atoms with Gasteiger partial charge in [0.15, 0.2) is 0 Å². The first-order valence-corrected chi connectivity index (χ1v) is 8.64. The monoisotopic (exact) mass is 309 g/mol. The summed E-state index contributed by atoms with van der Waals surface area (Å²) >= 11 is 0. The molecule has 1 fully saturated rings. The summed E-state index contributed by atoms with van der Waals surface area (Å²) in [5.74, 6) is 0.0839. The van der Waals surface area contributed by atoms with E-state index in [0.717, 1.165) is 39.2 Å². The molecule has 2 rings (SSSR count). The van der Waals surface area contributed by atoms with Crippen LogP contribution in [0.4, 0.5) is 0 Å². The molecule has 0 aromatic heterocycles. The summed E-state index contributed by atoms with van der Waals surface area (Å²) in [6.45, 7) is 6.08. The predicted octanol–water partition coefficient (Wildman–Crippen LogP) is 1.30. The van der Waals surface area contributed by atoms with E-state index < -0.39 is 0 Å². The number of hydrogen-bond acceptors (Lipinski definition) is 4. The molecular formula is C17H31N3O2. The summed E-state index contributed by atoms with van der Waals surface area (Å²) in [5.41, 5.74) is 1.51. The molecule has 0 bridgehead atoms. The lowest BCUT2D eigenvalue weighted by Gasteiger charge is -2.30. The minimum absolute atomic E-state index is 0.0839. The van der Waals surface area contributed by atoms with Gasteiger partial charge in [-0.05, 0) is 46.1 Å². The van der Waals surface area contributed by atoms with Gasteiger partial charge in [0.05, 0.1) is 18.8 Å². The Hall–Kier alpha value is -0.910. The standard InChI is InChI=1S/C17H31N3O2/c1-14(19-12-16-13-20(2)10-11-22-16)17(21)18-9-8-15-6-4-3-5-7-15/h6,14,16,19H,3-5,7-13H2,1-2H3,(H,18,21)/t14-,16-/m0/s1. The predicted molar refractivity (Wildman–Crippen MR) is 88.9 cm³/mol. The zero-order chi connectivity index (χ0) is 15.8. The average Bonchev–Trinajstić information content (AvgIpc) is 2.53. The van der Waals surface area contributed by atoms with Crippen LogP contribution in [0.2, 0.25) is 0 Å². The van der Waals surface area contributed by atoms with Crippen LogP contribution in [0.25, 0.3) is 0 Å². The first kappa shape index (κ1) is 17.4. The lowest BCUT2D eigenvalue weighted by atomic mass is 9.97. The van der Waals surface area contributed by atoms with Crippen molar-refractivity contribution in [3.8, 4) is 0 Å². The number of carbonyl (C=O) groups excluding carboxylic acids is 1. The molecule has 5 heteroatoms. The van der Waals surface area contributed by atoms with Crippen molar-refractivity contribution in [3.63, 3.8) is 0 Å². The minimum atomic E-state index is -0.170. The summed E-state index contributed by atoms with van der Waals surface area (Å²) in [4.78, 5) is 14.3. The van der Waals surface area contributed by atoms with E-state index >= 15 is 0 Å². The molecule has 1 amide bonds. The molecule has 1 saturated heterocycles. The number of amides is 1. The second kappa shape index (κ2) is 9.28. The summed E-state index contributed by atoms with van der Waals surface area (Å²) in [5, 5.41) is 6.32. The van der Waals surface area contributed by atoms with Crippen molar-refractivity contribution in [3.05, 3.63) is 11.6 Å². The highest BCUT2D eigenvalue weighted by molar-refractivity contribution is 5.81. The molecule has 5 nitrogen and oxygen atoms in total. The number of allylic oxidation sites excluding steroid dienone is 1. The van der Waals surface area contributed by atoms with E-state index in [4.69, 9.17) is 4.74 Å². The normalized spacial score (nSPS) is 24.6. The van der Waals surface area contributed by atoms with Crippen molar-refractivity contribution in [1.82, 2.24) is 15.5 Å². The molecule has 1 heterocycles. The summed E-state index contributed by atoms with van der Waals surface area (Å²) in [6.07, 6.45) is 8.54. The Morgan fingerprint density at radius 3 is 3.09 bits per heavy atom. The van der Waals surface area contributed by atoms with Crippen molar-refractivity contribution in [2.24, 2.45) is 0 Å². The van der Waals surface area contributed by atoms with Crippen molar-refractivity contribution >= 4 is 5.91 Å². The number of carbonyl (C=O) groups is 1. The Morgan fingerprint density at radius 2 is 2.36 bits per heavy atom. The van der Waals surface area contributed by atoms with E-state index in [9.17, 15) is 4.79 Å². The first-order valence-electron chi connectivity index (χ1n) is 8.64. The number of rotatable bonds is 7. The first-order chi connectivity index (χ1) is 10.6. The molecule has 0 aromatic carbocycles. The Kier molecular flexibility index (Phi) is 7.36. The molecule has 0 radical (unpaired) electrons. The van der Waals surface area contributed by atoms with Crippen LogP contribution in [0.15, 0.2) is 11.6 Å². The number of nitrogens with one attached hydrogen (secondary N) is 2. The van der Waals surface area contributed by atoms with Crippen LogP contribution in [0.5, 0.6) is 0 Å². The third-order valence-corrected chi connectivity index (χ3v) is 4.52. The molecule has 0 saturated carbocycles. The van der Waals surface area contributed by atoms with E-state index in [-0.39, 0.29) is 18.1 Å². The van der Waals surface area contributed by atoms with E-state index in [1.807, 2.05) is 6.92 Å². The SMILES string of the molecule is C[C@H](NC[C@H]1CN(C)CCO1)C(=O)NCCC1=CCCCC1. The molecule has 22 heavy (non-hydrogen) atoms. The van der Waals surface area contributed by atoms with Crippen molar-refractivity contribution in [1.29, 1.82) is 0 Å². The topological polar surface area (TPSA) is 53.6 Å². The fourth-order valence-electron chi connectivity index (χ4n) is 3.02. The smallest absolute Gasteiger partial charge is 0.236 e. The van der Waals surface area contributed by atoms with Crippen LogP contribution < -0.4 is 10.6 Å². The molecule has 2 atom stereocenters. The van der Waals surface area contributed by atoms with E-state index in [2.05, 4.69) is 28.7 Å². The van der Waals surface area contributed by atoms with Gasteiger partial charge in [0.25, 0.3) is 0 Å². The van der Waals surface area contributed by atoms with Gasteiger partial charge in [0.2, 0.25) is 5.91 Å². The van der Waals surface area contributed by atoms with Gasteiger partial charge in [-0.25, -0.2) is 0 Å². The molecule has 0 spiro atoms. The summed E-state index contributed by atoms with van der Waals surface area (Å²) in [7, 11) is 2.10. The van der Waals surface area contributed by atoms with Crippen LogP contribution in [-0.4, -0.2) is 62.8 Å². The van der Waals surface area contributed by atoms with Crippen LogP contribution in [0.3, 0.4) is 0 Å². The molecule has 2 aliphatic rings.